The fourth-order valence-corrected chi connectivity index (χ4v) is 3.26. The summed E-state index contributed by atoms with van der Waals surface area (Å²) in [6, 6.07) is 0. The fraction of sp³-hybridized carbons (Fsp3) is 0.636. The highest BCUT2D eigenvalue weighted by Gasteiger charge is 2.25. The molecule has 0 aliphatic rings. The second-order valence-electron chi connectivity index (χ2n) is 4.09. The van der Waals surface area contributed by atoms with Crippen LogP contribution >= 0.6 is 0 Å². The van der Waals surface area contributed by atoms with Crippen LogP contribution in [-0.4, -0.2) is 34.6 Å². The van der Waals surface area contributed by atoms with Gasteiger partial charge >= 0.3 is 0 Å². The summed E-state index contributed by atoms with van der Waals surface area (Å²) in [5.74, 6) is 0.684. The van der Waals surface area contributed by atoms with Crippen molar-refractivity contribution in [3.8, 4) is 0 Å². The predicted octanol–water partition coefficient (Wildman–Crippen LogP) is 0.915. The van der Waals surface area contributed by atoms with E-state index in [2.05, 4.69) is 9.46 Å². The van der Waals surface area contributed by atoms with Crippen molar-refractivity contribution in [2.45, 2.75) is 31.7 Å². The van der Waals surface area contributed by atoms with Crippen LogP contribution in [0.3, 0.4) is 0 Å². The first-order valence-electron chi connectivity index (χ1n) is 5.94. The van der Waals surface area contributed by atoms with E-state index in [4.69, 9.17) is 10.2 Å². The molecule has 1 aromatic rings. The topological polar surface area (TPSA) is 94.6 Å². The smallest absolute Gasteiger partial charge is 0.261 e. The Balaban J connectivity index is 2.70. The molecule has 0 saturated carbocycles. The number of nitrogens with one attached hydrogen (secondary N) is 1. The first-order valence-corrected chi connectivity index (χ1v) is 7.42. The summed E-state index contributed by atoms with van der Waals surface area (Å²) >= 11 is 0. The number of sulfonamides is 1. The van der Waals surface area contributed by atoms with Crippen LogP contribution in [0.25, 0.3) is 0 Å². The Labute approximate surface area is 116 Å². The molecule has 0 aliphatic heterocycles. The standard InChI is InChI=1S/C11H18F2N2O4S/c1-7-9(5-14)11(8(2)19-7)20(16,17)15-3-4-18-6-10(12)13/h10,15H,3-6,14H2,1-2H3. The molecule has 20 heavy (non-hydrogen) atoms. The minimum Gasteiger partial charge on any atom is -0.465 e. The minimum atomic E-state index is -3.80. The van der Waals surface area contributed by atoms with Gasteiger partial charge in [0.15, 0.2) is 0 Å². The highest BCUT2D eigenvalue weighted by atomic mass is 32.2. The van der Waals surface area contributed by atoms with Gasteiger partial charge in [-0.2, -0.15) is 0 Å². The number of ether oxygens (including phenoxy) is 1. The summed E-state index contributed by atoms with van der Waals surface area (Å²) in [6.45, 7) is 2.20. The number of furan rings is 1. The van der Waals surface area contributed by atoms with Gasteiger partial charge in [0.1, 0.15) is 23.0 Å². The lowest BCUT2D eigenvalue weighted by Gasteiger charge is -2.08. The van der Waals surface area contributed by atoms with Gasteiger partial charge in [-0.15, -0.1) is 0 Å². The van der Waals surface area contributed by atoms with Crippen LogP contribution in [0.15, 0.2) is 9.31 Å². The molecule has 1 aromatic heterocycles. The zero-order valence-electron chi connectivity index (χ0n) is 11.3. The molecular formula is C11H18F2N2O4S. The van der Waals surface area contributed by atoms with Gasteiger partial charge in [-0.05, 0) is 13.8 Å². The Hall–Kier alpha value is -1.03. The van der Waals surface area contributed by atoms with Gasteiger partial charge in [0.2, 0.25) is 10.0 Å². The van der Waals surface area contributed by atoms with Crippen LogP contribution in [0.4, 0.5) is 8.78 Å². The quantitative estimate of drug-likeness (QED) is 0.696. The lowest BCUT2D eigenvalue weighted by atomic mass is 10.2. The van der Waals surface area contributed by atoms with Crippen LogP contribution in [0.1, 0.15) is 17.1 Å². The zero-order valence-corrected chi connectivity index (χ0v) is 12.1. The van der Waals surface area contributed by atoms with E-state index in [1.54, 1.807) is 6.92 Å². The average molecular weight is 312 g/mol. The van der Waals surface area contributed by atoms with Gasteiger partial charge in [0.05, 0.1) is 6.61 Å². The molecule has 9 heteroatoms. The molecule has 3 N–H and O–H groups in total. The lowest BCUT2D eigenvalue weighted by Crippen LogP contribution is -2.29. The minimum absolute atomic E-state index is 0.00589. The highest BCUT2D eigenvalue weighted by molar-refractivity contribution is 7.89. The van der Waals surface area contributed by atoms with Crippen molar-refractivity contribution in [3.05, 3.63) is 17.1 Å². The maximum atomic E-state index is 12.1. The van der Waals surface area contributed by atoms with E-state index < -0.39 is 23.1 Å². The van der Waals surface area contributed by atoms with E-state index in [1.165, 1.54) is 6.92 Å². The Morgan fingerprint density at radius 1 is 1.35 bits per heavy atom. The van der Waals surface area contributed by atoms with E-state index in [-0.39, 0.29) is 30.4 Å². The molecule has 116 valence electrons. The number of hydrogen-bond donors (Lipinski definition) is 2. The molecule has 6 nitrogen and oxygen atoms in total. The van der Waals surface area contributed by atoms with E-state index in [0.29, 0.717) is 11.3 Å². The van der Waals surface area contributed by atoms with E-state index in [9.17, 15) is 17.2 Å². The van der Waals surface area contributed by atoms with Gasteiger partial charge in [0.25, 0.3) is 6.43 Å². The molecule has 0 aromatic carbocycles. The molecule has 0 amide bonds. The Morgan fingerprint density at radius 2 is 2.00 bits per heavy atom. The van der Waals surface area contributed by atoms with Crippen molar-refractivity contribution in [2.24, 2.45) is 5.73 Å². The third-order valence-corrected chi connectivity index (χ3v) is 4.24. The molecular weight excluding hydrogens is 294 g/mol. The fourth-order valence-electron chi connectivity index (χ4n) is 1.79. The van der Waals surface area contributed by atoms with Crippen LogP contribution < -0.4 is 10.5 Å². The molecule has 0 aliphatic carbocycles. The molecule has 0 radical (unpaired) electrons. The predicted molar refractivity (Wildman–Crippen MR) is 68.1 cm³/mol. The zero-order chi connectivity index (χ0) is 15.3. The maximum absolute atomic E-state index is 12.1. The number of aryl methyl sites for hydroxylation is 2. The van der Waals surface area contributed by atoms with Gasteiger partial charge in [-0.25, -0.2) is 21.9 Å². The van der Waals surface area contributed by atoms with Crippen LogP contribution in [-0.2, 0) is 21.3 Å². The SMILES string of the molecule is Cc1oc(C)c(S(=O)(=O)NCCOCC(F)F)c1CN. The van der Waals surface area contributed by atoms with Crippen molar-refractivity contribution in [3.63, 3.8) is 0 Å². The molecule has 0 fully saturated rings. The molecule has 1 rings (SSSR count). The Kier molecular flexibility index (Phi) is 6.06. The number of halogens is 2. The van der Waals surface area contributed by atoms with Gasteiger partial charge in [0, 0.05) is 18.7 Å². The van der Waals surface area contributed by atoms with Crippen LogP contribution in [0.2, 0.25) is 0 Å². The Morgan fingerprint density at radius 3 is 2.55 bits per heavy atom. The molecule has 1 heterocycles. The summed E-state index contributed by atoms with van der Waals surface area (Å²) in [4.78, 5) is 0.00589. The lowest BCUT2D eigenvalue weighted by molar-refractivity contribution is 0.0199. The van der Waals surface area contributed by atoms with Gasteiger partial charge in [-0.3, -0.25) is 0 Å². The van der Waals surface area contributed by atoms with Crippen molar-refractivity contribution in [1.29, 1.82) is 0 Å². The third-order valence-electron chi connectivity index (χ3n) is 2.58. The van der Waals surface area contributed by atoms with Crippen molar-refractivity contribution in [1.82, 2.24) is 4.72 Å². The van der Waals surface area contributed by atoms with E-state index in [0.717, 1.165) is 0 Å². The number of rotatable bonds is 8. The average Bonchev–Trinajstić information content (AvgIpc) is 2.63. The van der Waals surface area contributed by atoms with Crippen LogP contribution in [0, 0.1) is 13.8 Å². The first kappa shape index (κ1) is 17.0. The van der Waals surface area contributed by atoms with E-state index >= 15 is 0 Å². The van der Waals surface area contributed by atoms with Gasteiger partial charge < -0.3 is 14.9 Å². The normalized spacial score (nSPS) is 12.3. The maximum Gasteiger partial charge on any atom is 0.261 e. The highest BCUT2D eigenvalue weighted by Crippen LogP contribution is 2.25. The Bertz CT molecular complexity index is 543. The van der Waals surface area contributed by atoms with Crippen LogP contribution in [0.5, 0.6) is 0 Å². The summed E-state index contributed by atoms with van der Waals surface area (Å²) in [7, 11) is -3.80. The van der Waals surface area contributed by atoms with E-state index in [1.807, 2.05) is 0 Å². The summed E-state index contributed by atoms with van der Waals surface area (Å²) < 4.78 is 60.0. The molecule has 0 unspecified atom stereocenters. The number of alkyl halides is 2. The molecule has 0 spiro atoms. The second-order valence-corrected chi connectivity index (χ2v) is 5.79. The third kappa shape index (κ3) is 4.23. The summed E-state index contributed by atoms with van der Waals surface area (Å²) in [6.07, 6.45) is -2.57. The monoisotopic (exact) mass is 312 g/mol. The second kappa shape index (κ2) is 7.11. The largest absolute Gasteiger partial charge is 0.465 e. The number of hydrogen-bond acceptors (Lipinski definition) is 5. The van der Waals surface area contributed by atoms with Crippen molar-refractivity contribution in [2.75, 3.05) is 19.8 Å². The van der Waals surface area contributed by atoms with Gasteiger partial charge in [-0.1, -0.05) is 0 Å². The molecule has 0 saturated heterocycles. The first-order chi connectivity index (χ1) is 9.29. The summed E-state index contributed by atoms with van der Waals surface area (Å²) in [5, 5.41) is 0. The molecule has 0 atom stereocenters. The molecule has 0 bridgehead atoms. The number of nitrogens with two attached hydrogens (primary N) is 1. The van der Waals surface area contributed by atoms with Crippen molar-refractivity contribution >= 4 is 10.0 Å². The van der Waals surface area contributed by atoms with Crippen molar-refractivity contribution < 1.29 is 26.4 Å². The summed E-state index contributed by atoms with van der Waals surface area (Å²) in [5.41, 5.74) is 5.92.